The molecule has 1 fully saturated rings. The van der Waals surface area contributed by atoms with Crippen molar-refractivity contribution in [1.82, 2.24) is 15.3 Å². The van der Waals surface area contributed by atoms with Gasteiger partial charge < -0.3 is 24.9 Å². The molecule has 3 aromatic rings. The van der Waals surface area contributed by atoms with E-state index in [-0.39, 0.29) is 44.5 Å². The molecule has 11 heteroatoms. The zero-order valence-corrected chi connectivity index (χ0v) is 18.3. The van der Waals surface area contributed by atoms with E-state index in [9.17, 15) is 9.59 Å². The van der Waals surface area contributed by atoms with Crippen LogP contribution in [0, 0.1) is 0 Å². The Bertz CT molecular complexity index is 1210. The van der Waals surface area contributed by atoms with Gasteiger partial charge in [-0.05, 0) is 25.1 Å². The molecule has 32 heavy (non-hydrogen) atoms. The Morgan fingerprint density at radius 2 is 2.00 bits per heavy atom. The lowest BCUT2D eigenvalue weighted by Crippen LogP contribution is -2.37. The number of ether oxygens (including phenoxy) is 2. The van der Waals surface area contributed by atoms with Crippen molar-refractivity contribution >= 4 is 51.6 Å². The van der Waals surface area contributed by atoms with Crippen LogP contribution in [0.25, 0.3) is 16.5 Å². The van der Waals surface area contributed by atoms with Gasteiger partial charge in [0.25, 0.3) is 5.91 Å². The summed E-state index contributed by atoms with van der Waals surface area (Å²) in [5.41, 5.74) is 6.03. The molecule has 1 aromatic carbocycles. The lowest BCUT2D eigenvalue weighted by atomic mass is 10.1. The molecule has 4 rings (SSSR count). The molecule has 0 radical (unpaired) electrons. The first-order chi connectivity index (χ1) is 15.4. The standard InChI is InChI=1S/C21H18Cl2N4O5/c1-10(27-20(28)15(7-24)19-25-3-2-4-26-19)17-16(23)13-5-11(22)6-14(18(13)32-17)21(29)31-12-8-30-9-12/h2-7,10,12H,8-9,24H2,1H3,(H,27,28)/b15-7+/t10-/m0/s1. The van der Waals surface area contributed by atoms with Crippen molar-refractivity contribution in [3.8, 4) is 0 Å². The Morgan fingerprint density at radius 1 is 1.28 bits per heavy atom. The SMILES string of the molecule is C[C@H](NC(=O)/C(=C/N)c1ncccn1)c1oc2c(C(=O)OC3COC3)cc(Cl)cc2c1Cl. The summed E-state index contributed by atoms with van der Waals surface area (Å²) in [7, 11) is 0. The average molecular weight is 477 g/mol. The molecule has 1 amide bonds. The van der Waals surface area contributed by atoms with E-state index in [4.69, 9.17) is 42.8 Å². The van der Waals surface area contributed by atoms with Crippen molar-refractivity contribution < 1.29 is 23.5 Å². The fourth-order valence-electron chi connectivity index (χ4n) is 3.11. The molecule has 0 bridgehead atoms. The number of esters is 1. The van der Waals surface area contributed by atoms with Gasteiger partial charge in [-0.15, -0.1) is 0 Å². The van der Waals surface area contributed by atoms with Crippen LogP contribution < -0.4 is 11.1 Å². The van der Waals surface area contributed by atoms with Gasteiger partial charge in [0.05, 0.1) is 29.9 Å². The van der Waals surface area contributed by atoms with Gasteiger partial charge in [-0.3, -0.25) is 4.79 Å². The summed E-state index contributed by atoms with van der Waals surface area (Å²) in [5.74, 6) is -0.713. The number of amides is 1. The summed E-state index contributed by atoms with van der Waals surface area (Å²) in [5, 5.41) is 3.67. The van der Waals surface area contributed by atoms with E-state index in [1.54, 1.807) is 19.1 Å². The highest BCUT2D eigenvalue weighted by atomic mass is 35.5. The van der Waals surface area contributed by atoms with Crippen molar-refractivity contribution in [2.24, 2.45) is 5.73 Å². The minimum atomic E-state index is -0.677. The Hall–Kier alpha value is -3.14. The van der Waals surface area contributed by atoms with Gasteiger partial charge in [0.1, 0.15) is 17.4 Å². The number of nitrogens with zero attached hydrogens (tertiary/aromatic N) is 2. The normalized spacial score (nSPS) is 15.3. The van der Waals surface area contributed by atoms with E-state index in [1.807, 2.05) is 0 Å². The molecular formula is C21H18Cl2N4O5. The van der Waals surface area contributed by atoms with E-state index >= 15 is 0 Å². The second kappa shape index (κ2) is 9.15. The summed E-state index contributed by atoms with van der Waals surface area (Å²) < 4.78 is 16.3. The maximum absolute atomic E-state index is 12.7. The summed E-state index contributed by atoms with van der Waals surface area (Å²) in [4.78, 5) is 33.4. The van der Waals surface area contributed by atoms with Crippen LogP contribution >= 0.6 is 23.2 Å². The maximum atomic E-state index is 12.7. The van der Waals surface area contributed by atoms with Crippen molar-refractivity contribution in [2.45, 2.75) is 19.1 Å². The predicted molar refractivity (Wildman–Crippen MR) is 117 cm³/mol. The first-order valence-corrected chi connectivity index (χ1v) is 10.3. The lowest BCUT2D eigenvalue weighted by molar-refractivity contribution is -0.116. The second-order valence-corrected chi connectivity index (χ2v) is 7.84. The molecule has 0 saturated carbocycles. The number of nitrogens with two attached hydrogens (primary N) is 1. The number of nitrogens with one attached hydrogen (secondary N) is 1. The fourth-order valence-corrected chi connectivity index (χ4v) is 3.67. The van der Waals surface area contributed by atoms with Crippen molar-refractivity contribution in [3.05, 3.63) is 64.0 Å². The molecule has 166 valence electrons. The molecule has 1 atom stereocenters. The van der Waals surface area contributed by atoms with Crippen LogP contribution in [0.5, 0.6) is 0 Å². The summed E-state index contributed by atoms with van der Waals surface area (Å²) in [6.45, 7) is 2.35. The number of fused-ring (bicyclic) bond motifs is 1. The molecular weight excluding hydrogens is 459 g/mol. The van der Waals surface area contributed by atoms with Crippen LogP contribution in [0.1, 0.15) is 34.9 Å². The zero-order chi connectivity index (χ0) is 22.8. The molecule has 2 aromatic heterocycles. The van der Waals surface area contributed by atoms with Gasteiger partial charge in [-0.2, -0.15) is 0 Å². The number of rotatable bonds is 6. The highest BCUT2D eigenvalue weighted by Crippen LogP contribution is 2.38. The topological polar surface area (TPSA) is 130 Å². The number of carbonyl (C=O) groups is 2. The molecule has 3 N–H and O–H groups in total. The summed E-state index contributed by atoms with van der Waals surface area (Å²) in [6.07, 6.45) is 3.80. The molecule has 0 aliphatic carbocycles. The van der Waals surface area contributed by atoms with E-state index < -0.39 is 17.9 Å². The lowest BCUT2D eigenvalue weighted by Gasteiger charge is -2.25. The van der Waals surface area contributed by atoms with Crippen molar-refractivity contribution in [2.75, 3.05) is 13.2 Å². The first kappa shape index (κ1) is 22.1. The van der Waals surface area contributed by atoms with Gasteiger partial charge in [-0.25, -0.2) is 14.8 Å². The Morgan fingerprint density at radius 3 is 2.62 bits per heavy atom. The Balaban J connectivity index is 1.62. The number of benzene rings is 1. The molecule has 0 unspecified atom stereocenters. The zero-order valence-electron chi connectivity index (χ0n) is 16.8. The number of hydrogen-bond donors (Lipinski definition) is 2. The molecule has 1 saturated heterocycles. The first-order valence-electron chi connectivity index (χ1n) is 9.59. The molecule has 1 aliphatic rings. The van der Waals surface area contributed by atoms with Gasteiger partial charge >= 0.3 is 5.97 Å². The van der Waals surface area contributed by atoms with E-state index in [1.165, 1.54) is 18.5 Å². The van der Waals surface area contributed by atoms with E-state index in [0.29, 0.717) is 18.6 Å². The number of carbonyl (C=O) groups excluding carboxylic acids is 2. The van der Waals surface area contributed by atoms with Crippen LogP contribution in [-0.4, -0.2) is 41.2 Å². The van der Waals surface area contributed by atoms with Crippen LogP contribution in [0.4, 0.5) is 0 Å². The van der Waals surface area contributed by atoms with Crippen LogP contribution in [0.15, 0.2) is 41.2 Å². The molecule has 9 nitrogen and oxygen atoms in total. The van der Waals surface area contributed by atoms with Gasteiger partial charge in [0.15, 0.2) is 11.4 Å². The Labute approximate surface area is 192 Å². The second-order valence-electron chi connectivity index (χ2n) is 7.02. The number of aromatic nitrogens is 2. The van der Waals surface area contributed by atoms with E-state index in [2.05, 4.69) is 15.3 Å². The van der Waals surface area contributed by atoms with Gasteiger partial charge in [0, 0.05) is 29.0 Å². The third-order valence-corrected chi connectivity index (χ3v) is 5.39. The van der Waals surface area contributed by atoms with Gasteiger partial charge in [0.2, 0.25) is 0 Å². The van der Waals surface area contributed by atoms with Crippen molar-refractivity contribution in [3.63, 3.8) is 0 Å². The summed E-state index contributed by atoms with van der Waals surface area (Å²) in [6, 6.07) is 3.97. The maximum Gasteiger partial charge on any atom is 0.342 e. The van der Waals surface area contributed by atoms with Crippen molar-refractivity contribution in [1.29, 1.82) is 0 Å². The molecule has 3 heterocycles. The van der Waals surface area contributed by atoms with Gasteiger partial charge in [-0.1, -0.05) is 23.2 Å². The highest BCUT2D eigenvalue weighted by Gasteiger charge is 2.28. The van der Waals surface area contributed by atoms with Crippen LogP contribution in [-0.2, 0) is 14.3 Å². The fraction of sp³-hybridized carbons (Fsp3) is 0.238. The average Bonchev–Trinajstić information content (AvgIpc) is 3.08. The highest BCUT2D eigenvalue weighted by molar-refractivity contribution is 6.38. The predicted octanol–water partition coefficient (Wildman–Crippen LogP) is 3.26. The smallest absolute Gasteiger partial charge is 0.342 e. The number of hydrogen-bond acceptors (Lipinski definition) is 8. The van der Waals surface area contributed by atoms with E-state index in [0.717, 1.165) is 6.20 Å². The molecule has 0 spiro atoms. The molecule has 1 aliphatic heterocycles. The van der Waals surface area contributed by atoms with Crippen LogP contribution in [0.3, 0.4) is 0 Å². The Kier molecular flexibility index (Phi) is 6.31. The third-order valence-electron chi connectivity index (χ3n) is 4.78. The quantitative estimate of drug-likeness (QED) is 0.409. The third kappa shape index (κ3) is 4.27. The largest absolute Gasteiger partial charge is 0.456 e. The number of furan rings is 1. The van der Waals surface area contributed by atoms with Crippen LogP contribution in [0.2, 0.25) is 10.0 Å². The number of halogens is 2. The summed E-state index contributed by atoms with van der Waals surface area (Å²) >= 11 is 12.7. The minimum absolute atomic E-state index is 0.0831. The minimum Gasteiger partial charge on any atom is -0.456 e. The monoisotopic (exact) mass is 476 g/mol.